The molecule has 516 valence electrons. The van der Waals surface area contributed by atoms with Crippen LogP contribution in [0.2, 0.25) is 0 Å². The standard InChI is InChI=1S/C69H117FN4O16/c1-18-52-67(14,82)57(78)44(8)73-59(79)40(4)35-65(12,84-16)58(90-62-55(77)50(74(15)19-2)33-41(5)86-62)42(6)56(43(7)61(81)88-52)89-53-37-66(13,85-17)68(83,45(9)87-53)38-71-30-24-22-20-21-23-25-31-72-60(80)54-39(3)32-49-48-27-26-46-34-47(75)28-29-64(46,11)69(48,70)51(76)36-63(49,54)10/h26,28-29,39-45,48-58,62,71,76-78,82-83H,18-25,27,30-38H2,1-17H3,(H,72,80)(H,73,79)/t39-,40-,41-,42+,43-,44-,45+,48?,49?,50+,51+,52-,53+,54-,55-,56+,57-,58-,62+,63+,64+,65-,66-,67-,68+,69+/m1/s1. The summed E-state index contributed by atoms with van der Waals surface area (Å²) in [4.78, 5) is 57.2. The number of likely N-dealkylation sites (N-methyl/N-ethyl adjacent to an activating group) is 1. The maximum absolute atomic E-state index is 17.6. The molecule has 3 heterocycles. The lowest BCUT2D eigenvalue weighted by molar-refractivity contribution is -0.337. The highest BCUT2D eigenvalue weighted by Crippen LogP contribution is 2.69. The Morgan fingerprint density at radius 1 is 0.844 bits per heavy atom. The number of esters is 1. The number of allylic oxidation sites excluding steroid dienone is 4. The largest absolute Gasteiger partial charge is 0.459 e. The lowest BCUT2D eigenvalue weighted by Crippen LogP contribution is -2.70. The second-order valence-electron chi connectivity index (χ2n) is 29.8. The van der Waals surface area contributed by atoms with Gasteiger partial charge in [-0.3, -0.25) is 19.2 Å². The predicted molar refractivity (Wildman–Crippen MR) is 338 cm³/mol. The summed E-state index contributed by atoms with van der Waals surface area (Å²) in [5, 5.41) is 69.4. The molecule has 2 saturated carbocycles. The summed E-state index contributed by atoms with van der Waals surface area (Å²) < 4.78 is 63.5. The normalized spacial score (nSPS) is 46.2. The third kappa shape index (κ3) is 14.4. The molecule has 0 aromatic rings. The highest BCUT2D eigenvalue weighted by atomic mass is 19.1. The van der Waals surface area contributed by atoms with Crippen LogP contribution in [0.25, 0.3) is 0 Å². The van der Waals surface area contributed by atoms with Gasteiger partial charge in [0.2, 0.25) is 11.8 Å². The molecule has 0 radical (unpaired) electrons. The second-order valence-corrected chi connectivity index (χ2v) is 29.8. The molecule has 5 fully saturated rings. The van der Waals surface area contributed by atoms with Gasteiger partial charge in [-0.1, -0.05) is 85.0 Å². The van der Waals surface area contributed by atoms with Crippen LogP contribution in [-0.4, -0.2) is 203 Å². The van der Waals surface area contributed by atoms with Crippen molar-refractivity contribution in [2.45, 2.75) is 288 Å². The molecule has 0 aromatic carbocycles. The first-order chi connectivity index (χ1) is 42.1. The Labute approximate surface area is 536 Å². The van der Waals surface area contributed by atoms with E-state index < -0.39 is 136 Å². The Morgan fingerprint density at radius 2 is 1.50 bits per heavy atom. The first-order valence-electron chi connectivity index (χ1n) is 34.1. The number of methoxy groups -OCH3 is 2. The van der Waals surface area contributed by atoms with Crippen LogP contribution in [0.1, 0.15) is 187 Å². The van der Waals surface area contributed by atoms with E-state index >= 15 is 4.39 Å². The number of carbonyl (C=O) groups excluding carboxylic acids is 4. The molecule has 0 aromatic heterocycles. The number of aliphatic hydroxyl groups is 5. The number of unbranched alkanes of at least 4 members (excludes halogenated alkanes) is 5. The first-order valence-corrected chi connectivity index (χ1v) is 34.1. The van der Waals surface area contributed by atoms with Gasteiger partial charge in [0.25, 0.3) is 0 Å². The summed E-state index contributed by atoms with van der Waals surface area (Å²) in [6.45, 7) is 27.1. The average Bonchev–Trinajstić information content (AvgIpc) is 1.27. The molecule has 3 aliphatic heterocycles. The molecule has 0 spiro atoms. The number of cyclic esters (lactones) is 1. The minimum absolute atomic E-state index is 0.0216. The summed E-state index contributed by atoms with van der Waals surface area (Å²) in [5.41, 5.74) is -8.91. The van der Waals surface area contributed by atoms with Crippen LogP contribution in [0.5, 0.6) is 0 Å². The van der Waals surface area contributed by atoms with Gasteiger partial charge in [0.05, 0.1) is 48.1 Å². The fourth-order valence-electron chi connectivity index (χ4n) is 17.7. The molecule has 90 heavy (non-hydrogen) atoms. The van der Waals surface area contributed by atoms with Crippen molar-refractivity contribution in [3.63, 3.8) is 0 Å². The van der Waals surface area contributed by atoms with E-state index in [0.717, 1.165) is 44.1 Å². The summed E-state index contributed by atoms with van der Waals surface area (Å²) in [6.07, 6.45) is 2.25. The van der Waals surface area contributed by atoms with Crippen LogP contribution < -0.4 is 16.0 Å². The Bertz CT molecular complexity index is 2530. The molecule has 21 heteroatoms. The van der Waals surface area contributed by atoms with E-state index in [2.05, 4.69) is 29.8 Å². The van der Waals surface area contributed by atoms with Crippen molar-refractivity contribution in [1.82, 2.24) is 20.9 Å². The summed E-state index contributed by atoms with van der Waals surface area (Å²) >= 11 is 0. The number of aliphatic hydroxyl groups excluding tert-OH is 3. The highest BCUT2D eigenvalue weighted by molar-refractivity contribution is 5.93. The second kappa shape index (κ2) is 29.5. The van der Waals surface area contributed by atoms with Crippen LogP contribution in [0.3, 0.4) is 0 Å². The van der Waals surface area contributed by atoms with Gasteiger partial charge in [-0.2, -0.15) is 0 Å². The van der Waals surface area contributed by atoms with Gasteiger partial charge in [-0.15, -0.1) is 0 Å². The zero-order valence-electron chi connectivity index (χ0n) is 57.5. The van der Waals surface area contributed by atoms with Crippen LogP contribution in [-0.2, 0) is 52.3 Å². The lowest BCUT2D eigenvalue weighted by atomic mass is 9.46. The predicted octanol–water partition coefficient (Wildman–Crippen LogP) is 6.78. The van der Waals surface area contributed by atoms with Crippen molar-refractivity contribution >= 4 is 23.6 Å². The molecule has 0 bridgehead atoms. The quantitative estimate of drug-likeness (QED) is 0.0334. The topological polar surface area (TPSA) is 273 Å². The number of nitrogens with one attached hydrogen (secondary N) is 3. The minimum atomic E-state index is -2.00. The number of ketones is 1. The molecule has 2 amide bonds. The fraction of sp³-hybridized carbons (Fsp3) is 0.884. The Kier molecular flexibility index (Phi) is 24.4. The number of ether oxygens (including phenoxy) is 7. The van der Waals surface area contributed by atoms with Crippen LogP contribution in [0.4, 0.5) is 4.39 Å². The number of alkyl halides is 1. The average molecular weight is 1280 g/mol. The number of nitrogens with zero attached hydrogens (tertiary/aromatic N) is 1. The Morgan fingerprint density at radius 3 is 2.13 bits per heavy atom. The first kappa shape index (κ1) is 74.4. The third-order valence-electron chi connectivity index (χ3n) is 23.7. The molecule has 8 N–H and O–H groups in total. The number of rotatable bonds is 21. The van der Waals surface area contributed by atoms with Gasteiger partial charge in [-0.05, 0) is 150 Å². The van der Waals surface area contributed by atoms with Gasteiger partial charge in [0.1, 0.15) is 35.1 Å². The van der Waals surface area contributed by atoms with E-state index in [9.17, 15) is 44.7 Å². The van der Waals surface area contributed by atoms with Crippen molar-refractivity contribution in [3.05, 3.63) is 23.8 Å². The maximum Gasteiger partial charge on any atom is 0.311 e. The molecular formula is C69H117FN4O16. The maximum atomic E-state index is 17.6. The SMILES string of the molecule is CC[C@H]1OC(=O)[C@H](C)[C@@H](O[C@H]2C[C@@](C)(OC)[C@](O)(CNCCCCCCCCNC(=O)[C@H]3[C@H](C)CC4C5CC=C6CC(=O)C=C[C@]6(C)[C@@]5(F)[C@@H](O)C[C@@]43C)[C@H](C)O2)[C@H](C)[C@@H](O[C@@H]2O[C@H](C)C[C@H](N(C)CC)[C@H]2O)[C@](C)(OC)C[C@@H](C)C(=O)N[C@H](C)[C@@H](O)[C@]1(C)O. The number of amides is 2. The van der Waals surface area contributed by atoms with Gasteiger partial charge >= 0.3 is 5.97 Å². The van der Waals surface area contributed by atoms with E-state index in [4.69, 9.17) is 33.2 Å². The Balaban J connectivity index is 0.965. The van der Waals surface area contributed by atoms with Crippen molar-refractivity contribution in [2.24, 2.45) is 52.3 Å². The zero-order valence-corrected chi connectivity index (χ0v) is 57.5. The Hall–Kier alpha value is -3.03. The molecule has 4 aliphatic carbocycles. The van der Waals surface area contributed by atoms with Gasteiger partial charge in [-0.25, -0.2) is 4.39 Å². The summed E-state index contributed by atoms with van der Waals surface area (Å²) in [5.74, 6) is -4.75. The molecule has 20 nitrogen and oxygen atoms in total. The highest BCUT2D eigenvalue weighted by Gasteiger charge is 2.72. The van der Waals surface area contributed by atoms with Crippen LogP contribution in [0, 0.1) is 52.3 Å². The third-order valence-corrected chi connectivity index (χ3v) is 23.7. The van der Waals surface area contributed by atoms with Crippen LogP contribution in [0.15, 0.2) is 23.8 Å². The number of halogens is 1. The van der Waals surface area contributed by atoms with Gasteiger partial charge < -0.3 is 79.5 Å². The van der Waals surface area contributed by atoms with Crippen molar-refractivity contribution in [3.8, 4) is 0 Å². The molecule has 3 saturated heterocycles. The van der Waals surface area contributed by atoms with E-state index in [1.165, 1.54) is 27.2 Å². The van der Waals surface area contributed by atoms with Crippen LogP contribution >= 0.6 is 0 Å². The number of carbonyl (C=O) groups is 4. The van der Waals surface area contributed by atoms with E-state index in [-0.39, 0.29) is 80.2 Å². The molecule has 2 unspecified atom stereocenters. The number of hydrogen-bond donors (Lipinski definition) is 8. The van der Waals surface area contributed by atoms with E-state index in [1.807, 2.05) is 52.6 Å². The van der Waals surface area contributed by atoms with Crippen molar-refractivity contribution < 1.29 is 82.3 Å². The lowest BCUT2D eigenvalue weighted by Gasteiger charge is -2.61. The monoisotopic (exact) mass is 1280 g/mol. The number of fused-ring (bicyclic) bond motifs is 5. The fourth-order valence-corrected chi connectivity index (χ4v) is 17.7. The summed E-state index contributed by atoms with van der Waals surface area (Å²) in [6, 6.07) is -1.28. The molecule has 7 rings (SSSR count). The van der Waals surface area contributed by atoms with Crippen molar-refractivity contribution in [1.29, 1.82) is 0 Å². The van der Waals surface area contributed by atoms with Gasteiger partial charge in [0, 0.05) is 75.3 Å². The minimum Gasteiger partial charge on any atom is -0.459 e. The molecule has 7 aliphatic rings. The molecule has 26 atom stereocenters. The smallest absolute Gasteiger partial charge is 0.311 e. The van der Waals surface area contributed by atoms with E-state index in [1.54, 1.807) is 47.6 Å². The molecular weight excluding hydrogens is 1160 g/mol. The van der Waals surface area contributed by atoms with E-state index in [0.29, 0.717) is 38.9 Å². The van der Waals surface area contributed by atoms with Crippen molar-refractivity contribution in [2.75, 3.05) is 47.4 Å². The van der Waals surface area contributed by atoms with Gasteiger partial charge in [0.15, 0.2) is 24.0 Å². The number of hydrogen-bond acceptors (Lipinski definition) is 18. The zero-order chi connectivity index (χ0) is 66.9. The summed E-state index contributed by atoms with van der Waals surface area (Å²) in [7, 11) is 4.97.